The first-order valence-corrected chi connectivity index (χ1v) is 8.94. The molecule has 0 saturated carbocycles. The Morgan fingerprint density at radius 1 is 1.00 bits per heavy atom. The number of nitrogens with zero attached hydrogens (tertiary/aromatic N) is 4. The smallest absolute Gasteiger partial charge is 0.143 e. The van der Waals surface area contributed by atoms with Crippen LogP contribution >= 0.6 is 46.4 Å². The van der Waals surface area contributed by atoms with E-state index in [-0.39, 0.29) is 6.61 Å². The van der Waals surface area contributed by atoms with E-state index >= 15 is 0 Å². The Hall–Kier alpha value is -1.79. The highest BCUT2D eigenvalue weighted by Crippen LogP contribution is 2.24. The van der Waals surface area contributed by atoms with Gasteiger partial charge in [0.25, 0.3) is 0 Å². The first-order valence-electron chi connectivity index (χ1n) is 7.43. The van der Waals surface area contributed by atoms with Gasteiger partial charge in [-0.25, -0.2) is 9.67 Å². The van der Waals surface area contributed by atoms with Crippen molar-refractivity contribution < 1.29 is 4.84 Å². The number of oxime groups is 1. The van der Waals surface area contributed by atoms with Crippen LogP contribution in [0, 0.1) is 0 Å². The Labute approximate surface area is 170 Å². The molecule has 0 fully saturated rings. The zero-order valence-corrected chi connectivity index (χ0v) is 16.3. The van der Waals surface area contributed by atoms with Crippen LogP contribution in [0.5, 0.6) is 0 Å². The van der Waals surface area contributed by atoms with Crippen molar-refractivity contribution in [1.29, 1.82) is 0 Å². The van der Waals surface area contributed by atoms with Gasteiger partial charge < -0.3 is 4.84 Å². The third-order valence-corrected chi connectivity index (χ3v) is 4.57. The Morgan fingerprint density at radius 2 is 1.73 bits per heavy atom. The summed E-state index contributed by atoms with van der Waals surface area (Å²) in [6.07, 6.45) is 3.02. The SMILES string of the molecule is Clc1ccc(CON=C(Cn2cncn2)c2ccc(Cl)cc2Cl)c(Cl)c1. The van der Waals surface area contributed by atoms with Crippen LogP contribution in [0.15, 0.2) is 54.2 Å². The maximum atomic E-state index is 6.30. The number of rotatable bonds is 6. The van der Waals surface area contributed by atoms with Crippen molar-refractivity contribution in [3.8, 4) is 0 Å². The molecule has 0 unspecified atom stereocenters. The summed E-state index contributed by atoms with van der Waals surface area (Å²) in [4.78, 5) is 9.42. The van der Waals surface area contributed by atoms with Crippen LogP contribution < -0.4 is 0 Å². The highest BCUT2D eigenvalue weighted by Gasteiger charge is 2.12. The summed E-state index contributed by atoms with van der Waals surface area (Å²) in [5, 5.41) is 10.4. The molecule has 1 aromatic heterocycles. The van der Waals surface area contributed by atoms with Crippen LogP contribution in [-0.2, 0) is 18.0 Å². The minimum atomic E-state index is 0.183. The van der Waals surface area contributed by atoms with E-state index in [2.05, 4.69) is 15.2 Å². The highest BCUT2D eigenvalue weighted by molar-refractivity contribution is 6.37. The minimum Gasteiger partial charge on any atom is -0.391 e. The van der Waals surface area contributed by atoms with E-state index in [1.54, 1.807) is 47.4 Å². The second kappa shape index (κ2) is 8.73. The molecular formula is C17H12Cl4N4O. The monoisotopic (exact) mass is 428 g/mol. The third kappa shape index (κ3) is 4.89. The van der Waals surface area contributed by atoms with Gasteiger partial charge in [0.2, 0.25) is 0 Å². The molecule has 9 heteroatoms. The first-order chi connectivity index (χ1) is 12.5. The molecule has 0 bridgehead atoms. The van der Waals surface area contributed by atoms with Crippen LogP contribution in [0.1, 0.15) is 11.1 Å². The molecular weight excluding hydrogens is 418 g/mol. The molecule has 0 spiro atoms. The van der Waals surface area contributed by atoms with Crippen LogP contribution in [0.2, 0.25) is 20.1 Å². The van der Waals surface area contributed by atoms with Crippen molar-refractivity contribution >= 4 is 52.1 Å². The average molecular weight is 430 g/mol. The summed E-state index contributed by atoms with van der Waals surface area (Å²) in [6, 6.07) is 10.3. The summed E-state index contributed by atoms with van der Waals surface area (Å²) >= 11 is 24.3. The second-order valence-electron chi connectivity index (χ2n) is 5.26. The number of hydrogen-bond donors (Lipinski definition) is 0. The first kappa shape index (κ1) is 19.0. The summed E-state index contributed by atoms with van der Waals surface area (Å²) in [7, 11) is 0. The molecule has 3 rings (SSSR count). The Morgan fingerprint density at radius 3 is 2.38 bits per heavy atom. The van der Waals surface area contributed by atoms with Gasteiger partial charge in [0, 0.05) is 26.2 Å². The molecule has 0 aliphatic rings. The fourth-order valence-corrected chi connectivity index (χ4v) is 3.15. The molecule has 134 valence electrons. The van der Waals surface area contributed by atoms with Crippen LogP contribution in [0.25, 0.3) is 0 Å². The molecule has 0 aliphatic carbocycles. The minimum absolute atomic E-state index is 0.183. The standard InChI is InChI=1S/C17H12Cl4N4O/c18-12-2-1-11(15(20)5-12)8-26-24-17(7-25-10-22-9-23-25)14-4-3-13(19)6-16(14)21/h1-6,9-10H,7-8H2. The maximum Gasteiger partial charge on any atom is 0.143 e. The lowest BCUT2D eigenvalue weighted by Crippen LogP contribution is -2.13. The highest BCUT2D eigenvalue weighted by atomic mass is 35.5. The van der Waals surface area contributed by atoms with Crippen molar-refractivity contribution in [1.82, 2.24) is 14.8 Å². The quantitative estimate of drug-likeness (QED) is 0.383. The van der Waals surface area contributed by atoms with E-state index in [9.17, 15) is 0 Å². The number of hydrogen-bond acceptors (Lipinski definition) is 4. The summed E-state index contributed by atoms with van der Waals surface area (Å²) in [6.45, 7) is 0.512. The largest absolute Gasteiger partial charge is 0.391 e. The molecule has 5 nitrogen and oxygen atoms in total. The third-order valence-electron chi connectivity index (χ3n) is 3.43. The normalized spacial score (nSPS) is 11.6. The topological polar surface area (TPSA) is 52.3 Å². The van der Waals surface area contributed by atoms with E-state index in [1.807, 2.05) is 0 Å². The van der Waals surface area contributed by atoms with E-state index in [0.717, 1.165) is 5.56 Å². The van der Waals surface area contributed by atoms with E-state index in [0.29, 0.717) is 37.9 Å². The summed E-state index contributed by atoms with van der Waals surface area (Å²) in [5.41, 5.74) is 2.03. The predicted octanol–water partition coefficient (Wildman–Crippen LogP) is 5.51. The van der Waals surface area contributed by atoms with Gasteiger partial charge in [0.15, 0.2) is 0 Å². The summed E-state index contributed by atoms with van der Waals surface area (Å²) < 4.78 is 1.61. The molecule has 0 amide bonds. The van der Waals surface area contributed by atoms with Crippen molar-refractivity contribution in [2.75, 3.05) is 0 Å². The molecule has 0 saturated heterocycles. The van der Waals surface area contributed by atoms with Gasteiger partial charge in [0.1, 0.15) is 25.0 Å². The van der Waals surface area contributed by atoms with Crippen molar-refractivity contribution in [2.24, 2.45) is 5.16 Å². The van der Waals surface area contributed by atoms with Gasteiger partial charge in [-0.15, -0.1) is 0 Å². The van der Waals surface area contributed by atoms with Gasteiger partial charge in [0.05, 0.1) is 11.6 Å². The zero-order valence-electron chi connectivity index (χ0n) is 13.2. The van der Waals surface area contributed by atoms with Crippen molar-refractivity contribution in [3.63, 3.8) is 0 Å². The lowest BCUT2D eigenvalue weighted by Gasteiger charge is -2.10. The molecule has 2 aromatic carbocycles. The van der Waals surface area contributed by atoms with Gasteiger partial charge >= 0.3 is 0 Å². The molecule has 1 heterocycles. The van der Waals surface area contributed by atoms with Gasteiger partial charge in [-0.3, -0.25) is 0 Å². The summed E-state index contributed by atoms with van der Waals surface area (Å²) in [5.74, 6) is 0. The van der Waals surface area contributed by atoms with Crippen LogP contribution in [-0.4, -0.2) is 20.5 Å². The van der Waals surface area contributed by atoms with Gasteiger partial charge in [-0.2, -0.15) is 5.10 Å². The fourth-order valence-electron chi connectivity index (χ4n) is 2.17. The van der Waals surface area contributed by atoms with Crippen LogP contribution in [0.3, 0.4) is 0 Å². The number of halogens is 4. The predicted molar refractivity (Wildman–Crippen MR) is 104 cm³/mol. The fraction of sp³-hybridized carbons (Fsp3) is 0.118. The molecule has 0 aliphatic heterocycles. The maximum absolute atomic E-state index is 6.30. The van der Waals surface area contributed by atoms with E-state index in [4.69, 9.17) is 51.2 Å². The van der Waals surface area contributed by atoms with Crippen LogP contribution in [0.4, 0.5) is 0 Å². The Bertz CT molecular complexity index is 929. The van der Waals surface area contributed by atoms with Gasteiger partial charge in [-0.05, 0) is 30.3 Å². The molecule has 0 atom stereocenters. The van der Waals surface area contributed by atoms with Gasteiger partial charge in [-0.1, -0.05) is 57.6 Å². The molecule has 26 heavy (non-hydrogen) atoms. The second-order valence-corrected chi connectivity index (χ2v) is 6.95. The van der Waals surface area contributed by atoms with Crippen molar-refractivity contribution in [3.05, 3.63) is 80.3 Å². The van der Waals surface area contributed by atoms with E-state index in [1.165, 1.54) is 6.33 Å². The molecule has 0 N–H and O–H groups in total. The lowest BCUT2D eigenvalue weighted by atomic mass is 10.1. The lowest BCUT2D eigenvalue weighted by molar-refractivity contribution is 0.130. The Kier molecular flexibility index (Phi) is 6.38. The molecule has 0 radical (unpaired) electrons. The number of aromatic nitrogens is 3. The van der Waals surface area contributed by atoms with Crippen molar-refractivity contribution in [2.45, 2.75) is 13.2 Å². The Balaban J connectivity index is 1.83. The zero-order chi connectivity index (χ0) is 18.5. The number of benzene rings is 2. The molecule has 3 aromatic rings. The van der Waals surface area contributed by atoms with E-state index < -0.39 is 0 Å². The average Bonchev–Trinajstić information content (AvgIpc) is 3.09.